The van der Waals surface area contributed by atoms with Crippen LogP contribution >= 0.6 is 0 Å². The normalized spacial score (nSPS) is 7.57. The summed E-state index contributed by atoms with van der Waals surface area (Å²) in [6.45, 7) is 3.80. The predicted molar refractivity (Wildman–Crippen MR) is 58.1 cm³/mol. The molecule has 74 valence electrons. The summed E-state index contributed by atoms with van der Waals surface area (Å²) in [4.78, 5) is 9.00. The number of hydrogen-bond donors (Lipinski definition) is 1. The average molecular weight is 222 g/mol. The topological polar surface area (TPSA) is 46.5 Å². The zero-order valence-corrected chi connectivity index (χ0v) is 7.86. The molecule has 0 aromatic heterocycles. The van der Waals surface area contributed by atoms with E-state index in [-0.39, 0.29) is 51.4 Å². The maximum absolute atomic E-state index is 9.00. The molecule has 0 unspecified atom stereocenters. The van der Waals surface area contributed by atoms with E-state index in [2.05, 4.69) is 0 Å². The molecular formula is C10H15KO3. The van der Waals surface area contributed by atoms with Gasteiger partial charge in [-0.05, 0) is 19.1 Å². The minimum atomic E-state index is -0.833. The molecular weight excluding hydrogens is 207 g/mol. The van der Waals surface area contributed by atoms with Crippen molar-refractivity contribution in [3.05, 3.63) is 30.3 Å². The molecule has 1 aromatic rings. The molecule has 0 bridgehead atoms. The third kappa shape index (κ3) is 12.1. The second kappa shape index (κ2) is 11.2. The van der Waals surface area contributed by atoms with Crippen molar-refractivity contribution in [1.82, 2.24) is 0 Å². The number of carboxylic acid groups (broad SMARTS) is 1. The third-order valence-corrected chi connectivity index (χ3v) is 1.05. The predicted octanol–water partition coefficient (Wildman–Crippen LogP) is 1.53. The van der Waals surface area contributed by atoms with Gasteiger partial charge in [0.15, 0.2) is 0 Å². The number of carboxylic acids is 1. The molecule has 0 radical (unpaired) electrons. The summed E-state index contributed by atoms with van der Waals surface area (Å²) >= 11 is 0. The Balaban J connectivity index is 0. The molecule has 1 rings (SSSR count). The number of benzene rings is 1. The van der Waals surface area contributed by atoms with Gasteiger partial charge in [-0.2, -0.15) is 0 Å². The van der Waals surface area contributed by atoms with Crippen LogP contribution in [0.1, 0.15) is 13.8 Å². The molecule has 0 fully saturated rings. The fourth-order valence-electron chi connectivity index (χ4n) is 0.683. The van der Waals surface area contributed by atoms with Crippen molar-refractivity contribution in [2.75, 3.05) is 6.61 Å². The minimum absolute atomic E-state index is 0. The molecule has 3 nitrogen and oxygen atoms in total. The Hall–Kier alpha value is 0.126. The van der Waals surface area contributed by atoms with Gasteiger partial charge in [0.25, 0.3) is 5.97 Å². The van der Waals surface area contributed by atoms with Crippen molar-refractivity contribution >= 4 is 57.4 Å². The molecule has 0 aliphatic rings. The van der Waals surface area contributed by atoms with E-state index in [9.17, 15) is 0 Å². The molecule has 1 aromatic carbocycles. The first-order valence-corrected chi connectivity index (χ1v) is 4.04. The monoisotopic (exact) mass is 222 g/mol. The van der Waals surface area contributed by atoms with Gasteiger partial charge < -0.3 is 9.84 Å². The number of rotatable bonds is 2. The van der Waals surface area contributed by atoms with E-state index >= 15 is 0 Å². The Kier molecular flexibility index (Phi) is 13.2. The van der Waals surface area contributed by atoms with Gasteiger partial charge in [0, 0.05) is 6.92 Å². The molecule has 14 heavy (non-hydrogen) atoms. The summed E-state index contributed by atoms with van der Waals surface area (Å²) in [6, 6.07) is 9.80. The van der Waals surface area contributed by atoms with E-state index in [0.717, 1.165) is 19.3 Å². The number of carbonyl (C=O) groups is 1. The fraction of sp³-hybridized carbons (Fsp3) is 0.300. The third-order valence-electron chi connectivity index (χ3n) is 1.05. The van der Waals surface area contributed by atoms with E-state index in [0.29, 0.717) is 0 Å². The Labute approximate surface area is 127 Å². The van der Waals surface area contributed by atoms with Crippen LogP contribution in [0.15, 0.2) is 30.3 Å². The van der Waals surface area contributed by atoms with Crippen molar-refractivity contribution in [3.8, 4) is 5.75 Å². The van der Waals surface area contributed by atoms with Gasteiger partial charge in [-0.15, -0.1) is 0 Å². The van der Waals surface area contributed by atoms with Gasteiger partial charge in [-0.1, -0.05) is 18.2 Å². The molecule has 0 atom stereocenters. The Bertz CT molecular complexity index is 232. The van der Waals surface area contributed by atoms with Crippen LogP contribution in [0.2, 0.25) is 0 Å². The summed E-state index contributed by atoms with van der Waals surface area (Å²) in [5, 5.41) is 7.42. The standard InChI is InChI=1S/C8H10O.C2H4O2.K.H/c1-2-9-8-6-4-3-5-7-8;1-2(3)4;;/h3-7H,2H2,1H3;1H3,(H,3,4);;. The van der Waals surface area contributed by atoms with Crippen LogP contribution < -0.4 is 4.74 Å². The molecule has 0 amide bonds. The zero-order chi connectivity index (χ0) is 10.1. The van der Waals surface area contributed by atoms with E-state index in [4.69, 9.17) is 14.6 Å². The van der Waals surface area contributed by atoms with E-state index < -0.39 is 5.97 Å². The summed E-state index contributed by atoms with van der Waals surface area (Å²) in [6.07, 6.45) is 0. The van der Waals surface area contributed by atoms with E-state index in [1.165, 1.54) is 0 Å². The first-order valence-electron chi connectivity index (χ1n) is 4.04. The molecule has 1 N–H and O–H groups in total. The summed E-state index contributed by atoms with van der Waals surface area (Å²) < 4.78 is 5.21. The molecule has 0 saturated carbocycles. The number of hydrogen-bond acceptors (Lipinski definition) is 2. The second-order valence-electron chi connectivity index (χ2n) is 2.27. The number of aliphatic carboxylic acids is 1. The second-order valence-corrected chi connectivity index (χ2v) is 2.27. The maximum atomic E-state index is 9.00. The van der Waals surface area contributed by atoms with Crippen LogP contribution in [-0.2, 0) is 4.79 Å². The van der Waals surface area contributed by atoms with Gasteiger partial charge in [0.05, 0.1) is 6.61 Å². The first-order chi connectivity index (χ1) is 6.16. The fourth-order valence-corrected chi connectivity index (χ4v) is 0.683. The molecule has 4 heteroatoms. The molecule has 0 aliphatic carbocycles. The Morgan fingerprint density at radius 2 is 1.79 bits per heavy atom. The van der Waals surface area contributed by atoms with Crippen molar-refractivity contribution in [3.63, 3.8) is 0 Å². The zero-order valence-electron chi connectivity index (χ0n) is 7.86. The van der Waals surface area contributed by atoms with Gasteiger partial charge in [0.1, 0.15) is 5.75 Å². The van der Waals surface area contributed by atoms with Crippen LogP contribution in [0.3, 0.4) is 0 Å². The summed E-state index contributed by atoms with van der Waals surface area (Å²) in [5.41, 5.74) is 0. The quantitative estimate of drug-likeness (QED) is 0.772. The van der Waals surface area contributed by atoms with Crippen molar-refractivity contribution < 1.29 is 14.6 Å². The van der Waals surface area contributed by atoms with Gasteiger partial charge in [0.2, 0.25) is 0 Å². The molecule has 0 saturated heterocycles. The van der Waals surface area contributed by atoms with Gasteiger partial charge >= 0.3 is 51.4 Å². The molecule has 0 aliphatic heterocycles. The van der Waals surface area contributed by atoms with Crippen LogP contribution in [0, 0.1) is 0 Å². The molecule has 0 spiro atoms. The molecule has 0 heterocycles. The van der Waals surface area contributed by atoms with Crippen LogP contribution in [-0.4, -0.2) is 69.1 Å². The summed E-state index contributed by atoms with van der Waals surface area (Å²) in [5.74, 6) is 0.111. The van der Waals surface area contributed by atoms with Crippen molar-refractivity contribution in [1.29, 1.82) is 0 Å². The van der Waals surface area contributed by atoms with Gasteiger partial charge in [-0.3, -0.25) is 4.79 Å². The number of para-hydroxylation sites is 1. The number of ether oxygens (including phenoxy) is 1. The summed E-state index contributed by atoms with van der Waals surface area (Å²) in [7, 11) is 0. The van der Waals surface area contributed by atoms with Crippen molar-refractivity contribution in [2.45, 2.75) is 13.8 Å². The van der Waals surface area contributed by atoms with Crippen molar-refractivity contribution in [2.24, 2.45) is 0 Å². The van der Waals surface area contributed by atoms with E-state index in [1.807, 2.05) is 37.3 Å². The van der Waals surface area contributed by atoms with Crippen LogP contribution in [0.4, 0.5) is 0 Å². The van der Waals surface area contributed by atoms with Crippen LogP contribution in [0.25, 0.3) is 0 Å². The van der Waals surface area contributed by atoms with Crippen LogP contribution in [0.5, 0.6) is 5.75 Å². The average Bonchev–Trinajstić information content (AvgIpc) is 2.06. The Morgan fingerprint density at radius 3 is 2.14 bits per heavy atom. The van der Waals surface area contributed by atoms with E-state index in [1.54, 1.807) is 0 Å². The Morgan fingerprint density at radius 1 is 1.36 bits per heavy atom. The van der Waals surface area contributed by atoms with Gasteiger partial charge in [-0.25, -0.2) is 0 Å². The SMILES string of the molecule is CC(=O)O.CCOc1ccccc1.[KH]. The first kappa shape index (κ1) is 16.6.